The van der Waals surface area contributed by atoms with Gasteiger partial charge in [0.05, 0.1) is 11.3 Å². The average molecular weight is 247 g/mol. The molecule has 2 rings (SSSR count). The van der Waals surface area contributed by atoms with Gasteiger partial charge in [0.1, 0.15) is 0 Å². The summed E-state index contributed by atoms with van der Waals surface area (Å²) in [6.45, 7) is 8.29. The minimum Gasteiger partial charge on any atom is -0.478 e. The number of carboxylic acid groups (broad SMARTS) is 1. The van der Waals surface area contributed by atoms with E-state index in [-0.39, 0.29) is 5.41 Å². The van der Waals surface area contributed by atoms with Gasteiger partial charge in [-0.05, 0) is 37.3 Å². The quantitative estimate of drug-likeness (QED) is 0.871. The molecule has 0 radical (unpaired) electrons. The first-order valence-electron chi connectivity index (χ1n) is 6.48. The number of carboxylic acids is 1. The number of anilines is 1. The molecule has 1 aromatic rings. The van der Waals surface area contributed by atoms with Crippen LogP contribution in [0.3, 0.4) is 0 Å². The van der Waals surface area contributed by atoms with Crippen molar-refractivity contribution in [3.8, 4) is 0 Å². The van der Waals surface area contributed by atoms with Crippen molar-refractivity contribution in [3.05, 3.63) is 29.3 Å². The van der Waals surface area contributed by atoms with Crippen LogP contribution in [0.4, 0.5) is 5.69 Å². The number of piperidine rings is 1. The van der Waals surface area contributed by atoms with Crippen LogP contribution >= 0.6 is 0 Å². The van der Waals surface area contributed by atoms with Crippen LogP contribution in [0.25, 0.3) is 0 Å². The molecule has 1 aliphatic heterocycles. The Bertz CT molecular complexity index is 466. The van der Waals surface area contributed by atoms with Gasteiger partial charge in [0.2, 0.25) is 0 Å². The Labute approximate surface area is 108 Å². The topological polar surface area (TPSA) is 40.5 Å². The van der Waals surface area contributed by atoms with Crippen molar-refractivity contribution in [2.75, 3.05) is 18.0 Å². The van der Waals surface area contributed by atoms with Crippen molar-refractivity contribution in [2.45, 2.75) is 33.6 Å². The normalized spacial score (nSPS) is 18.7. The molecule has 0 unspecified atom stereocenters. The van der Waals surface area contributed by atoms with Crippen LogP contribution in [0.5, 0.6) is 0 Å². The van der Waals surface area contributed by atoms with Gasteiger partial charge in [-0.25, -0.2) is 4.79 Å². The second kappa shape index (κ2) is 4.63. The molecule has 3 heteroatoms. The van der Waals surface area contributed by atoms with Crippen molar-refractivity contribution in [3.63, 3.8) is 0 Å². The Hall–Kier alpha value is -1.51. The first-order chi connectivity index (χ1) is 8.39. The minimum absolute atomic E-state index is 0.263. The highest BCUT2D eigenvalue weighted by atomic mass is 16.4. The van der Waals surface area contributed by atoms with Crippen LogP contribution in [0, 0.1) is 12.3 Å². The molecule has 0 amide bonds. The van der Waals surface area contributed by atoms with E-state index >= 15 is 0 Å². The van der Waals surface area contributed by atoms with E-state index < -0.39 is 5.97 Å². The molecule has 0 saturated carbocycles. The largest absolute Gasteiger partial charge is 0.478 e. The maximum absolute atomic E-state index is 11.4. The van der Waals surface area contributed by atoms with Gasteiger partial charge in [-0.15, -0.1) is 0 Å². The van der Waals surface area contributed by atoms with Gasteiger partial charge in [0, 0.05) is 13.1 Å². The monoisotopic (exact) mass is 247 g/mol. The summed E-state index contributed by atoms with van der Waals surface area (Å²) in [5, 5.41) is 9.32. The number of hydrogen-bond donors (Lipinski definition) is 1. The summed E-state index contributed by atoms with van der Waals surface area (Å²) in [6.07, 6.45) is 2.33. The SMILES string of the molecule is Cc1ccc(N2CCCC(C)(C)C2)c(C(=O)O)c1. The van der Waals surface area contributed by atoms with E-state index in [1.165, 1.54) is 6.42 Å². The molecule has 0 aliphatic carbocycles. The Morgan fingerprint density at radius 1 is 1.39 bits per heavy atom. The molecule has 1 fully saturated rings. The zero-order valence-corrected chi connectivity index (χ0v) is 11.4. The van der Waals surface area contributed by atoms with E-state index in [0.717, 1.165) is 30.8 Å². The van der Waals surface area contributed by atoms with Gasteiger partial charge >= 0.3 is 5.97 Å². The summed E-state index contributed by atoms with van der Waals surface area (Å²) in [7, 11) is 0. The highest BCUT2D eigenvalue weighted by molar-refractivity contribution is 5.94. The molecule has 1 N–H and O–H groups in total. The van der Waals surface area contributed by atoms with Crippen molar-refractivity contribution in [1.82, 2.24) is 0 Å². The van der Waals surface area contributed by atoms with E-state index in [2.05, 4.69) is 18.7 Å². The van der Waals surface area contributed by atoms with Crippen molar-refractivity contribution in [2.24, 2.45) is 5.41 Å². The first-order valence-corrected chi connectivity index (χ1v) is 6.48. The highest BCUT2D eigenvalue weighted by Crippen LogP contribution is 2.33. The molecule has 1 saturated heterocycles. The van der Waals surface area contributed by atoms with Crippen molar-refractivity contribution in [1.29, 1.82) is 0 Å². The third kappa shape index (κ3) is 2.66. The van der Waals surface area contributed by atoms with Gasteiger partial charge < -0.3 is 10.0 Å². The number of benzene rings is 1. The Balaban J connectivity index is 2.35. The molecule has 98 valence electrons. The van der Waals surface area contributed by atoms with Gasteiger partial charge in [0.15, 0.2) is 0 Å². The molecule has 1 aliphatic rings. The highest BCUT2D eigenvalue weighted by Gasteiger charge is 2.28. The van der Waals surface area contributed by atoms with Crippen molar-refractivity contribution < 1.29 is 9.90 Å². The van der Waals surface area contributed by atoms with E-state index in [4.69, 9.17) is 0 Å². The summed E-state index contributed by atoms with van der Waals surface area (Å²) in [6, 6.07) is 5.70. The predicted octanol–water partition coefficient (Wildman–Crippen LogP) is 3.32. The fraction of sp³-hybridized carbons (Fsp3) is 0.533. The van der Waals surface area contributed by atoms with Crippen LogP contribution in [-0.2, 0) is 0 Å². The first kappa shape index (κ1) is 12.9. The summed E-state index contributed by atoms with van der Waals surface area (Å²) in [5.74, 6) is -0.836. The summed E-state index contributed by atoms with van der Waals surface area (Å²) in [5.41, 5.74) is 2.54. The van der Waals surface area contributed by atoms with Gasteiger partial charge in [-0.2, -0.15) is 0 Å². The zero-order chi connectivity index (χ0) is 13.3. The van der Waals surface area contributed by atoms with Gasteiger partial charge in [-0.1, -0.05) is 25.5 Å². The molecule has 0 spiro atoms. The maximum Gasteiger partial charge on any atom is 0.337 e. The van der Waals surface area contributed by atoms with Crippen molar-refractivity contribution >= 4 is 11.7 Å². The van der Waals surface area contributed by atoms with E-state index in [0.29, 0.717) is 5.56 Å². The average Bonchev–Trinajstić information content (AvgIpc) is 2.27. The Morgan fingerprint density at radius 2 is 2.11 bits per heavy atom. The number of aromatic carboxylic acids is 1. The summed E-state index contributed by atoms with van der Waals surface area (Å²) < 4.78 is 0. The molecule has 1 aromatic carbocycles. The summed E-state index contributed by atoms with van der Waals surface area (Å²) in [4.78, 5) is 13.6. The molecule has 0 bridgehead atoms. The van der Waals surface area contributed by atoms with E-state index in [9.17, 15) is 9.90 Å². The lowest BCUT2D eigenvalue weighted by atomic mass is 9.84. The van der Waals surface area contributed by atoms with E-state index in [1.54, 1.807) is 6.07 Å². The van der Waals surface area contributed by atoms with Crippen LogP contribution < -0.4 is 4.90 Å². The van der Waals surface area contributed by atoms with E-state index in [1.807, 2.05) is 19.1 Å². The Morgan fingerprint density at radius 3 is 2.72 bits per heavy atom. The Kier molecular flexibility index (Phi) is 3.33. The molecular weight excluding hydrogens is 226 g/mol. The molecule has 0 aromatic heterocycles. The molecular formula is C15H21NO2. The number of nitrogens with zero attached hydrogens (tertiary/aromatic N) is 1. The lowest BCUT2D eigenvalue weighted by Crippen LogP contribution is -2.40. The third-order valence-corrected chi connectivity index (χ3v) is 3.62. The lowest BCUT2D eigenvalue weighted by molar-refractivity contribution is 0.0697. The van der Waals surface area contributed by atoms with Crippen LogP contribution in [0.2, 0.25) is 0 Å². The fourth-order valence-corrected chi connectivity index (χ4v) is 2.73. The lowest BCUT2D eigenvalue weighted by Gasteiger charge is -2.40. The maximum atomic E-state index is 11.4. The smallest absolute Gasteiger partial charge is 0.337 e. The van der Waals surface area contributed by atoms with Gasteiger partial charge in [0.25, 0.3) is 0 Å². The predicted molar refractivity (Wildman–Crippen MR) is 73.4 cm³/mol. The minimum atomic E-state index is -0.836. The van der Waals surface area contributed by atoms with Crippen LogP contribution in [0.15, 0.2) is 18.2 Å². The zero-order valence-electron chi connectivity index (χ0n) is 11.4. The third-order valence-electron chi connectivity index (χ3n) is 3.62. The number of rotatable bonds is 2. The second-order valence-electron chi connectivity index (χ2n) is 6.02. The molecule has 0 atom stereocenters. The molecule has 1 heterocycles. The fourth-order valence-electron chi connectivity index (χ4n) is 2.73. The van der Waals surface area contributed by atoms with Crippen LogP contribution in [-0.4, -0.2) is 24.2 Å². The summed E-state index contributed by atoms with van der Waals surface area (Å²) >= 11 is 0. The second-order valence-corrected chi connectivity index (χ2v) is 6.02. The number of aryl methyl sites for hydroxylation is 1. The molecule has 18 heavy (non-hydrogen) atoms. The van der Waals surface area contributed by atoms with Gasteiger partial charge in [-0.3, -0.25) is 0 Å². The number of carbonyl (C=O) groups is 1. The molecule has 3 nitrogen and oxygen atoms in total. The number of hydrogen-bond acceptors (Lipinski definition) is 2. The standard InChI is InChI=1S/C15H21NO2/c1-11-5-6-13(12(9-11)14(17)18)16-8-4-7-15(2,3)10-16/h5-6,9H,4,7-8,10H2,1-3H3,(H,17,18). The van der Waals surface area contributed by atoms with Crippen LogP contribution in [0.1, 0.15) is 42.6 Å².